The second-order valence-electron chi connectivity index (χ2n) is 2.67. The number of aliphatic imine (C=N–C) groups is 1. The Balaban J connectivity index is 2.63. The summed E-state index contributed by atoms with van der Waals surface area (Å²) in [5, 5.41) is 9.44. The summed E-state index contributed by atoms with van der Waals surface area (Å²) in [4.78, 5) is 4.34. The summed E-state index contributed by atoms with van der Waals surface area (Å²) >= 11 is 1.63. The van der Waals surface area contributed by atoms with Gasteiger partial charge in [0.15, 0.2) is 0 Å². The standard InChI is InChI=1S/C11H12N2S/c1-2-3-4-5-10-7-9-14-11(13-10)6-8-12/h2-5,7H,6,9H2,1H3/b3-2-,5-4-. The number of hydrogen-bond acceptors (Lipinski definition) is 3. The maximum atomic E-state index is 8.53. The molecular weight excluding hydrogens is 192 g/mol. The molecule has 1 aliphatic rings. The van der Waals surface area contributed by atoms with E-state index in [1.54, 1.807) is 11.8 Å². The van der Waals surface area contributed by atoms with Crippen LogP contribution in [0.15, 0.2) is 41.1 Å². The average molecular weight is 204 g/mol. The monoisotopic (exact) mass is 204 g/mol. The molecule has 0 aromatic rings. The summed E-state index contributed by atoms with van der Waals surface area (Å²) in [5.41, 5.74) is 0.951. The summed E-state index contributed by atoms with van der Waals surface area (Å²) in [6, 6.07) is 2.11. The number of nitrogens with zero attached hydrogens (tertiary/aromatic N) is 2. The van der Waals surface area contributed by atoms with Crippen LogP contribution in [-0.2, 0) is 0 Å². The highest BCUT2D eigenvalue weighted by atomic mass is 32.2. The van der Waals surface area contributed by atoms with E-state index in [1.165, 1.54) is 0 Å². The zero-order valence-corrected chi connectivity index (χ0v) is 8.92. The van der Waals surface area contributed by atoms with E-state index in [0.717, 1.165) is 16.5 Å². The Morgan fingerprint density at radius 2 is 2.50 bits per heavy atom. The molecule has 0 aromatic carbocycles. The third-order valence-corrected chi connectivity index (χ3v) is 2.50. The number of allylic oxidation sites excluding steroid dienone is 4. The summed E-state index contributed by atoms with van der Waals surface area (Å²) in [6.07, 6.45) is 10.3. The predicted octanol–water partition coefficient (Wildman–Crippen LogP) is 3.06. The fourth-order valence-corrected chi connectivity index (χ4v) is 1.76. The third kappa shape index (κ3) is 3.63. The van der Waals surface area contributed by atoms with E-state index in [-0.39, 0.29) is 0 Å². The zero-order chi connectivity index (χ0) is 10.2. The molecule has 0 atom stereocenters. The van der Waals surface area contributed by atoms with Gasteiger partial charge in [0.1, 0.15) is 0 Å². The number of thioether (sulfide) groups is 1. The van der Waals surface area contributed by atoms with Crippen LogP contribution in [0, 0.1) is 11.3 Å². The van der Waals surface area contributed by atoms with E-state index in [4.69, 9.17) is 5.26 Å². The van der Waals surface area contributed by atoms with Gasteiger partial charge in [-0.2, -0.15) is 5.26 Å². The fourth-order valence-electron chi connectivity index (χ4n) is 0.974. The van der Waals surface area contributed by atoms with Crippen LogP contribution >= 0.6 is 11.8 Å². The summed E-state index contributed by atoms with van der Waals surface area (Å²) in [6.45, 7) is 1.97. The molecule has 2 nitrogen and oxygen atoms in total. The highest BCUT2D eigenvalue weighted by molar-refractivity contribution is 8.14. The molecule has 1 heterocycles. The molecule has 0 radical (unpaired) electrons. The summed E-state index contributed by atoms with van der Waals surface area (Å²) in [7, 11) is 0. The Hall–Kier alpha value is -1.27. The van der Waals surface area contributed by atoms with Crippen molar-refractivity contribution in [2.24, 2.45) is 4.99 Å². The molecule has 0 N–H and O–H groups in total. The number of rotatable bonds is 3. The van der Waals surface area contributed by atoms with Crippen LogP contribution in [0.3, 0.4) is 0 Å². The van der Waals surface area contributed by atoms with Crippen LogP contribution in [0.1, 0.15) is 13.3 Å². The van der Waals surface area contributed by atoms with Gasteiger partial charge >= 0.3 is 0 Å². The van der Waals surface area contributed by atoms with Crippen LogP contribution in [0.4, 0.5) is 0 Å². The second kappa shape index (κ2) is 6.22. The first-order chi connectivity index (χ1) is 6.86. The summed E-state index contributed by atoms with van der Waals surface area (Å²) < 4.78 is 0. The molecule has 1 aliphatic heterocycles. The maximum Gasteiger partial charge on any atom is 0.0882 e. The van der Waals surface area contributed by atoms with Gasteiger partial charge in [-0.15, -0.1) is 11.8 Å². The van der Waals surface area contributed by atoms with Crippen molar-refractivity contribution in [2.75, 3.05) is 5.75 Å². The Kier molecular flexibility index (Phi) is 4.81. The van der Waals surface area contributed by atoms with Crippen molar-refractivity contribution in [3.63, 3.8) is 0 Å². The van der Waals surface area contributed by atoms with Gasteiger partial charge in [0.05, 0.1) is 23.2 Å². The lowest BCUT2D eigenvalue weighted by atomic mass is 10.3. The van der Waals surface area contributed by atoms with Gasteiger partial charge in [-0.05, 0) is 19.1 Å². The van der Waals surface area contributed by atoms with Crippen molar-refractivity contribution >= 4 is 16.8 Å². The van der Waals surface area contributed by atoms with E-state index < -0.39 is 0 Å². The van der Waals surface area contributed by atoms with Crippen molar-refractivity contribution in [2.45, 2.75) is 13.3 Å². The molecule has 0 aromatic heterocycles. The zero-order valence-electron chi connectivity index (χ0n) is 8.10. The highest BCUT2D eigenvalue weighted by Crippen LogP contribution is 2.18. The molecule has 14 heavy (non-hydrogen) atoms. The normalized spacial score (nSPS) is 16.9. The van der Waals surface area contributed by atoms with Crippen molar-refractivity contribution in [3.8, 4) is 6.07 Å². The molecule has 0 saturated carbocycles. The minimum Gasteiger partial charge on any atom is -0.246 e. The van der Waals surface area contributed by atoms with Crippen LogP contribution in [-0.4, -0.2) is 10.8 Å². The van der Waals surface area contributed by atoms with Crippen LogP contribution in [0.2, 0.25) is 0 Å². The topological polar surface area (TPSA) is 36.1 Å². The largest absolute Gasteiger partial charge is 0.246 e. The van der Waals surface area contributed by atoms with E-state index in [1.807, 2.05) is 31.2 Å². The lowest BCUT2D eigenvalue weighted by Gasteiger charge is -2.06. The van der Waals surface area contributed by atoms with Crippen molar-refractivity contribution in [1.82, 2.24) is 0 Å². The Morgan fingerprint density at radius 3 is 3.21 bits per heavy atom. The minimum absolute atomic E-state index is 0.416. The Bertz CT molecular complexity index is 343. The fraction of sp³-hybridized carbons (Fsp3) is 0.273. The van der Waals surface area contributed by atoms with Gasteiger partial charge in [-0.25, -0.2) is 4.99 Å². The first kappa shape index (κ1) is 10.8. The minimum atomic E-state index is 0.416. The van der Waals surface area contributed by atoms with Gasteiger partial charge in [0.2, 0.25) is 0 Å². The Morgan fingerprint density at radius 1 is 1.64 bits per heavy atom. The van der Waals surface area contributed by atoms with E-state index in [0.29, 0.717) is 6.42 Å². The van der Waals surface area contributed by atoms with Crippen LogP contribution < -0.4 is 0 Å². The van der Waals surface area contributed by atoms with Crippen molar-refractivity contribution < 1.29 is 0 Å². The average Bonchev–Trinajstić information content (AvgIpc) is 2.19. The van der Waals surface area contributed by atoms with Gasteiger partial charge in [-0.1, -0.05) is 18.2 Å². The Labute approximate surface area is 88.7 Å². The van der Waals surface area contributed by atoms with Gasteiger partial charge in [0, 0.05) is 5.75 Å². The van der Waals surface area contributed by atoms with Gasteiger partial charge < -0.3 is 0 Å². The molecule has 0 aliphatic carbocycles. The molecule has 0 bridgehead atoms. The van der Waals surface area contributed by atoms with E-state index in [9.17, 15) is 0 Å². The lowest BCUT2D eigenvalue weighted by molar-refractivity contribution is 1.33. The molecule has 0 amide bonds. The predicted molar refractivity (Wildman–Crippen MR) is 62.2 cm³/mol. The summed E-state index contributed by atoms with van der Waals surface area (Å²) in [5.74, 6) is 0.913. The maximum absolute atomic E-state index is 8.53. The van der Waals surface area contributed by atoms with Crippen molar-refractivity contribution in [3.05, 3.63) is 36.1 Å². The molecule has 0 spiro atoms. The third-order valence-electron chi connectivity index (χ3n) is 1.60. The molecule has 0 fully saturated rings. The van der Waals surface area contributed by atoms with Crippen LogP contribution in [0.5, 0.6) is 0 Å². The highest BCUT2D eigenvalue weighted by Gasteiger charge is 2.04. The van der Waals surface area contributed by atoms with Crippen LogP contribution in [0.25, 0.3) is 0 Å². The quantitative estimate of drug-likeness (QED) is 0.662. The molecule has 0 saturated heterocycles. The smallest absolute Gasteiger partial charge is 0.0882 e. The second-order valence-corrected chi connectivity index (χ2v) is 3.76. The number of hydrogen-bond donors (Lipinski definition) is 0. The van der Waals surface area contributed by atoms with E-state index in [2.05, 4.69) is 17.1 Å². The van der Waals surface area contributed by atoms with Crippen molar-refractivity contribution in [1.29, 1.82) is 5.26 Å². The molecule has 0 unspecified atom stereocenters. The molecule has 3 heteroatoms. The SMILES string of the molecule is C/C=C\C=C/C1=CCSC(CC#N)=N1. The number of nitriles is 1. The molecule has 72 valence electrons. The lowest BCUT2D eigenvalue weighted by Crippen LogP contribution is -1.97. The van der Waals surface area contributed by atoms with Gasteiger partial charge in [-0.3, -0.25) is 0 Å². The van der Waals surface area contributed by atoms with E-state index >= 15 is 0 Å². The van der Waals surface area contributed by atoms with Gasteiger partial charge in [0.25, 0.3) is 0 Å². The first-order valence-corrected chi connectivity index (χ1v) is 5.42. The molecule has 1 rings (SSSR count). The molecular formula is C11H12N2S. The first-order valence-electron chi connectivity index (χ1n) is 4.43.